The summed E-state index contributed by atoms with van der Waals surface area (Å²) in [7, 11) is 0. The summed E-state index contributed by atoms with van der Waals surface area (Å²) >= 11 is 0. The van der Waals surface area contributed by atoms with Gasteiger partial charge in [0, 0.05) is 6.61 Å². The van der Waals surface area contributed by atoms with Gasteiger partial charge in [-0.15, -0.1) is 0 Å². The highest BCUT2D eigenvalue weighted by molar-refractivity contribution is 5.66. The van der Waals surface area contributed by atoms with Crippen LogP contribution in [0.1, 0.15) is 84.0 Å². The smallest absolute Gasteiger partial charge is 0.305 e. The molecule has 0 aromatic heterocycles. The first-order valence-electron chi connectivity index (χ1n) is 21.0. The Morgan fingerprint density at radius 1 is 0.273 bits per heavy atom. The fraction of sp³-hybridized carbons (Fsp3) is 0.975. The van der Waals surface area contributed by atoms with Gasteiger partial charge < -0.3 is 66.7 Å². The number of ether oxygens (including phenoxy) is 13. The second kappa shape index (κ2) is 51.0. The molecule has 0 aromatic rings. The number of carbonyl (C=O) groups is 1. The van der Waals surface area contributed by atoms with Crippen LogP contribution in [0.25, 0.3) is 0 Å². The molecular weight excluding hydrogens is 720 g/mol. The van der Waals surface area contributed by atoms with E-state index >= 15 is 0 Å². The fourth-order valence-electron chi connectivity index (χ4n) is 4.77. The number of hydrogen-bond acceptors (Lipinski definition) is 14. The van der Waals surface area contributed by atoms with Gasteiger partial charge in [0.2, 0.25) is 0 Å². The molecule has 15 heteroatoms. The van der Waals surface area contributed by atoms with Crippen LogP contribution in [0, 0.1) is 0 Å². The van der Waals surface area contributed by atoms with E-state index in [1.54, 1.807) is 0 Å². The Morgan fingerprint density at radius 2 is 0.455 bits per heavy atom. The molecule has 0 heterocycles. The number of aliphatic carboxylic acids is 1. The van der Waals surface area contributed by atoms with Gasteiger partial charge in [-0.05, 0) is 6.42 Å². The Kier molecular flexibility index (Phi) is 50.0. The summed E-state index contributed by atoms with van der Waals surface area (Å²) in [6.45, 7) is 15.3. The number of rotatable bonds is 51. The zero-order valence-electron chi connectivity index (χ0n) is 34.5. The maximum absolute atomic E-state index is 10.4. The summed E-state index contributed by atoms with van der Waals surface area (Å²) in [4.78, 5) is 10.4. The molecule has 330 valence electrons. The molecule has 0 saturated heterocycles. The van der Waals surface area contributed by atoms with Crippen LogP contribution in [-0.4, -0.2) is 183 Å². The van der Waals surface area contributed by atoms with E-state index in [9.17, 15) is 4.79 Å². The van der Waals surface area contributed by atoms with Crippen molar-refractivity contribution >= 4 is 5.97 Å². The number of carboxylic acids is 1. The second-order valence-corrected chi connectivity index (χ2v) is 12.6. The van der Waals surface area contributed by atoms with Gasteiger partial charge in [0.25, 0.3) is 0 Å². The Hall–Kier alpha value is -1.05. The molecule has 0 aliphatic rings. The van der Waals surface area contributed by atoms with Gasteiger partial charge in [-0.25, -0.2) is 0 Å². The van der Waals surface area contributed by atoms with E-state index in [2.05, 4.69) is 6.92 Å². The molecule has 15 nitrogen and oxygen atoms in total. The summed E-state index contributed by atoms with van der Waals surface area (Å²) in [6, 6.07) is 0. The van der Waals surface area contributed by atoms with Crippen LogP contribution < -0.4 is 0 Å². The van der Waals surface area contributed by atoms with E-state index in [4.69, 9.17) is 66.7 Å². The fourth-order valence-corrected chi connectivity index (χ4v) is 4.77. The Balaban J connectivity index is 3.06. The predicted molar refractivity (Wildman–Crippen MR) is 209 cm³/mol. The lowest BCUT2D eigenvalue weighted by atomic mass is 10.1. The molecule has 0 saturated carbocycles. The molecule has 0 aliphatic carbocycles. The zero-order valence-corrected chi connectivity index (χ0v) is 34.5. The molecular formula is C40H80O15. The Morgan fingerprint density at radius 3 is 0.673 bits per heavy atom. The third-order valence-corrected chi connectivity index (χ3v) is 7.82. The lowest BCUT2D eigenvalue weighted by Crippen LogP contribution is -2.15. The Bertz CT molecular complexity index is 707. The molecule has 0 fully saturated rings. The minimum atomic E-state index is -0.873. The van der Waals surface area contributed by atoms with Crippen LogP contribution in [0.2, 0.25) is 0 Å². The molecule has 0 aromatic carbocycles. The zero-order chi connectivity index (χ0) is 39.6. The summed E-state index contributed by atoms with van der Waals surface area (Å²) in [5.41, 5.74) is 0. The average molecular weight is 801 g/mol. The third-order valence-electron chi connectivity index (χ3n) is 7.82. The van der Waals surface area contributed by atoms with Crippen LogP contribution in [0.15, 0.2) is 0 Å². The molecule has 0 bridgehead atoms. The van der Waals surface area contributed by atoms with Crippen molar-refractivity contribution in [2.75, 3.05) is 172 Å². The molecule has 0 radical (unpaired) electrons. The van der Waals surface area contributed by atoms with Gasteiger partial charge in [-0.3, -0.25) is 4.79 Å². The lowest BCUT2D eigenvalue weighted by molar-refractivity contribution is -0.138. The normalized spacial score (nSPS) is 11.6. The van der Waals surface area contributed by atoms with Crippen molar-refractivity contribution < 1.29 is 71.5 Å². The number of unbranched alkanes of at least 4 members (excludes halogenated alkanes) is 10. The average Bonchev–Trinajstić information content (AvgIpc) is 3.18. The van der Waals surface area contributed by atoms with Crippen LogP contribution in [0.5, 0.6) is 0 Å². The van der Waals surface area contributed by atoms with Crippen molar-refractivity contribution in [3.8, 4) is 0 Å². The SMILES string of the molecule is CCCCCCCCCCCCCOCCOCCOCCOCCOCCOCCOCCOCCOCCOCCOCCOCCOCCC(=O)O. The summed E-state index contributed by atoms with van der Waals surface area (Å²) < 4.78 is 71.0. The minimum Gasteiger partial charge on any atom is -0.481 e. The highest BCUT2D eigenvalue weighted by Gasteiger charge is 1.99. The monoisotopic (exact) mass is 801 g/mol. The van der Waals surface area contributed by atoms with Gasteiger partial charge >= 0.3 is 5.97 Å². The van der Waals surface area contributed by atoms with Gasteiger partial charge in [-0.1, -0.05) is 71.1 Å². The molecule has 0 atom stereocenters. The quantitative estimate of drug-likeness (QED) is 0.0821. The summed E-state index contributed by atoms with van der Waals surface area (Å²) in [5.74, 6) is -0.873. The van der Waals surface area contributed by atoms with Crippen LogP contribution in [0.4, 0.5) is 0 Å². The molecule has 0 amide bonds. The maximum atomic E-state index is 10.4. The molecule has 1 N–H and O–H groups in total. The van der Waals surface area contributed by atoms with Gasteiger partial charge in [0.1, 0.15) is 0 Å². The van der Waals surface area contributed by atoms with E-state index < -0.39 is 5.97 Å². The molecule has 0 unspecified atom stereocenters. The highest BCUT2D eigenvalue weighted by Crippen LogP contribution is 2.11. The van der Waals surface area contributed by atoms with Crippen molar-refractivity contribution in [1.82, 2.24) is 0 Å². The van der Waals surface area contributed by atoms with Crippen molar-refractivity contribution in [2.45, 2.75) is 84.0 Å². The van der Waals surface area contributed by atoms with E-state index in [0.29, 0.717) is 159 Å². The van der Waals surface area contributed by atoms with Crippen LogP contribution >= 0.6 is 0 Å². The first-order valence-corrected chi connectivity index (χ1v) is 21.0. The molecule has 0 aliphatic heterocycles. The van der Waals surface area contributed by atoms with Gasteiger partial charge in [-0.2, -0.15) is 0 Å². The van der Waals surface area contributed by atoms with E-state index in [0.717, 1.165) is 13.0 Å². The highest BCUT2D eigenvalue weighted by atomic mass is 16.6. The van der Waals surface area contributed by atoms with E-state index in [-0.39, 0.29) is 13.0 Å². The molecule has 55 heavy (non-hydrogen) atoms. The third kappa shape index (κ3) is 53.0. The minimum absolute atomic E-state index is 0.00205. The van der Waals surface area contributed by atoms with Crippen molar-refractivity contribution in [3.05, 3.63) is 0 Å². The van der Waals surface area contributed by atoms with E-state index in [1.807, 2.05) is 0 Å². The number of carboxylic acid groups (broad SMARTS) is 1. The summed E-state index contributed by atoms with van der Waals surface area (Å²) in [5, 5.41) is 8.50. The molecule has 0 spiro atoms. The summed E-state index contributed by atoms with van der Waals surface area (Å²) in [6.07, 6.45) is 14.8. The van der Waals surface area contributed by atoms with Crippen molar-refractivity contribution in [3.63, 3.8) is 0 Å². The second-order valence-electron chi connectivity index (χ2n) is 12.6. The number of hydrogen-bond donors (Lipinski definition) is 1. The maximum Gasteiger partial charge on any atom is 0.305 e. The lowest BCUT2D eigenvalue weighted by Gasteiger charge is -2.09. The largest absolute Gasteiger partial charge is 0.481 e. The first kappa shape index (κ1) is 53.9. The topological polar surface area (TPSA) is 157 Å². The first-order chi connectivity index (χ1) is 27.3. The predicted octanol–water partition coefficient (Wildman–Crippen LogP) is 4.99. The molecule has 0 rings (SSSR count). The van der Waals surface area contributed by atoms with E-state index in [1.165, 1.54) is 64.2 Å². The van der Waals surface area contributed by atoms with Gasteiger partial charge in [0.05, 0.1) is 172 Å². The van der Waals surface area contributed by atoms with Crippen LogP contribution in [0.3, 0.4) is 0 Å². The van der Waals surface area contributed by atoms with Crippen molar-refractivity contribution in [1.29, 1.82) is 0 Å². The van der Waals surface area contributed by atoms with Crippen LogP contribution in [-0.2, 0) is 66.4 Å². The standard InChI is InChI=1S/C40H80O15/c1-2-3-4-5-6-7-8-9-10-11-12-14-43-16-18-45-20-22-47-24-26-49-28-30-51-32-34-53-36-38-55-39-37-54-35-33-52-31-29-50-27-25-48-23-21-46-19-17-44-15-13-40(41)42/h2-39H2,1H3,(H,41,42). The van der Waals surface area contributed by atoms with Crippen molar-refractivity contribution in [2.24, 2.45) is 0 Å². The van der Waals surface area contributed by atoms with Gasteiger partial charge in [0.15, 0.2) is 0 Å². The Labute approximate surface area is 332 Å².